The summed E-state index contributed by atoms with van der Waals surface area (Å²) >= 11 is 1.51. The molecule has 0 saturated heterocycles. The first-order valence-corrected chi connectivity index (χ1v) is 8.20. The number of aromatic nitrogens is 1. The van der Waals surface area contributed by atoms with E-state index in [1.807, 2.05) is 5.38 Å². The molecule has 0 atom stereocenters. The molecule has 0 radical (unpaired) electrons. The molecule has 24 heavy (non-hydrogen) atoms. The molecule has 2 N–H and O–H groups in total. The first-order valence-electron chi connectivity index (χ1n) is 7.32. The number of halogens is 3. The van der Waals surface area contributed by atoms with Crippen LogP contribution in [0.3, 0.4) is 0 Å². The van der Waals surface area contributed by atoms with E-state index < -0.39 is 18.6 Å². The quantitative estimate of drug-likeness (QED) is 0.597. The smallest absolute Gasteiger partial charge is 0.350 e. The number of nitrogens with zero attached hydrogens (tertiary/aromatic N) is 3. The number of hydrogen-bond donors (Lipinski definition) is 2. The Balaban J connectivity index is 2.43. The maximum absolute atomic E-state index is 12.2. The molecule has 0 aliphatic rings. The second-order valence-corrected chi connectivity index (χ2v) is 6.41. The van der Waals surface area contributed by atoms with Crippen LogP contribution in [0.25, 0.3) is 0 Å². The molecule has 6 nitrogen and oxygen atoms in total. The normalized spacial score (nSPS) is 12.4. The van der Waals surface area contributed by atoms with Crippen LogP contribution in [0, 0.1) is 0 Å². The number of alkyl halides is 3. The molecule has 1 aromatic rings. The molecule has 0 saturated carbocycles. The van der Waals surface area contributed by atoms with Crippen molar-refractivity contribution >= 4 is 23.2 Å². The van der Waals surface area contributed by atoms with Gasteiger partial charge in [0.2, 0.25) is 5.91 Å². The fourth-order valence-electron chi connectivity index (χ4n) is 1.70. The monoisotopic (exact) mass is 365 g/mol. The van der Waals surface area contributed by atoms with Crippen molar-refractivity contribution in [1.29, 1.82) is 0 Å². The third kappa shape index (κ3) is 7.16. The number of likely N-dealkylation sites (N-methyl/N-ethyl adjacent to an activating group) is 1. The molecule has 0 aromatic carbocycles. The molecular formula is C14H22F3N5OS. The van der Waals surface area contributed by atoms with E-state index in [2.05, 4.69) is 34.5 Å². The van der Waals surface area contributed by atoms with Gasteiger partial charge in [-0.25, -0.2) is 4.98 Å². The zero-order valence-electron chi connectivity index (χ0n) is 14.1. The molecule has 1 rings (SSSR count). The van der Waals surface area contributed by atoms with Gasteiger partial charge in [-0.1, -0.05) is 13.8 Å². The molecule has 0 aliphatic heterocycles. The van der Waals surface area contributed by atoms with E-state index in [1.165, 1.54) is 18.4 Å². The summed E-state index contributed by atoms with van der Waals surface area (Å²) < 4.78 is 36.7. The zero-order valence-corrected chi connectivity index (χ0v) is 14.9. The lowest BCUT2D eigenvalue weighted by molar-refractivity contribution is -0.157. The van der Waals surface area contributed by atoms with Gasteiger partial charge < -0.3 is 15.5 Å². The number of carbonyl (C=O) groups excluding carboxylic acids is 1. The predicted molar refractivity (Wildman–Crippen MR) is 88.1 cm³/mol. The molecule has 0 spiro atoms. The Morgan fingerprint density at radius 3 is 2.58 bits per heavy atom. The standard InChI is InChI=1S/C14H22F3N5OS/c1-9(2)10-7-24-11(21-10)5-19-13(18-3)20-6-12(23)22(4)8-14(15,16)17/h7,9H,5-6,8H2,1-4H3,(H2,18,19,20). The lowest BCUT2D eigenvalue weighted by Gasteiger charge is -2.19. The number of hydrogen-bond acceptors (Lipinski definition) is 4. The van der Waals surface area contributed by atoms with Crippen LogP contribution >= 0.6 is 11.3 Å². The number of aliphatic imine (C=N–C) groups is 1. The van der Waals surface area contributed by atoms with Gasteiger partial charge in [-0.15, -0.1) is 11.3 Å². The molecule has 10 heteroatoms. The van der Waals surface area contributed by atoms with Crippen molar-refractivity contribution in [2.45, 2.75) is 32.5 Å². The van der Waals surface area contributed by atoms with Crippen LogP contribution in [-0.2, 0) is 11.3 Å². The number of carbonyl (C=O) groups is 1. The van der Waals surface area contributed by atoms with Crippen molar-refractivity contribution in [3.63, 3.8) is 0 Å². The highest BCUT2D eigenvalue weighted by molar-refractivity contribution is 7.09. The Kier molecular flexibility index (Phi) is 7.46. The van der Waals surface area contributed by atoms with E-state index in [0.29, 0.717) is 23.3 Å². The summed E-state index contributed by atoms with van der Waals surface area (Å²) in [6.45, 7) is 2.97. The van der Waals surface area contributed by atoms with Crippen molar-refractivity contribution in [3.05, 3.63) is 16.1 Å². The summed E-state index contributed by atoms with van der Waals surface area (Å²) in [5, 5.41) is 8.51. The van der Waals surface area contributed by atoms with Crippen LogP contribution in [0.5, 0.6) is 0 Å². The number of nitrogens with one attached hydrogen (secondary N) is 2. The molecule has 1 amide bonds. The van der Waals surface area contributed by atoms with Crippen LogP contribution in [0.4, 0.5) is 13.2 Å². The summed E-state index contributed by atoms with van der Waals surface area (Å²) in [5.41, 5.74) is 1.00. The minimum atomic E-state index is -4.41. The largest absolute Gasteiger partial charge is 0.406 e. The zero-order chi connectivity index (χ0) is 18.3. The van der Waals surface area contributed by atoms with E-state index in [4.69, 9.17) is 0 Å². The lowest BCUT2D eigenvalue weighted by atomic mass is 10.2. The Labute approximate surface area is 143 Å². The number of amides is 1. The van der Waals surface area contributed by atoms with Gasteiger partial charge in [-0.3, -0.25) is 9.79 Å². The van der Waals surface area contributed by atoms with Gasteiger partial charge in [-0.2, -0.15) is 13.2 Å². The molecule has 1 aromatic heterocycles. The number of thiazole rings is 1. The maximum atomic E-state index is 12.2. The van der Waals surface area contributed by atoms with Gasteiger partial charge in [0.1, 0.15) is 11.6 Å². The van der Waals surface area contributed by atoms with E-state index in [0.717, 1.165) is 17.7 Å². The third-order valence-electron chi connectivity index (χ3n) is 3.04. The van der Waals surface area contributed by atoms with Gasteiger partial charge >= 0.3 is 6.18 Å². The summed E-state index contributed by atoms with van der Waals surface area (Å²) in [6.07, 6.45) is -4.41. The molecule has 0 bridgehead atoms. The Bertz CT molecular complexity index is 571. The fraction of sp³-hybridized carbons (Fsp3) is 0.643. The number of guanidine groups is 1. The second-order valence-electron chi connectivity index (χ2n) is 5.47. The topological polar surface area (TPSA) is 69.6 Å². The second kappa shape index (κ2) is 8.86. The van der Waals surface area contributed by atoms with Crippen molar-refractivity contribution in [3.8, 4) is 0 Å². The molecule has 1 heterocycles. The fourth-order valence-corrected chi connectivity index (χ4v) is 2.60. The minimum absolute atomic E-state index is 0.276. The van der Waals surface area contributed by atoms with Gasteiger partial charge in [0, 0.05) is 19.5 Å². The maximum Gasteiger partial charge on any atom is 0.406 e. The van der Waals surface area contributed by atoms with Crippen molar-refractivity contribution in [1.82, 2.24) is 20.5 Å². The molecule has 0 unspecified atom stereocenters. The van der Waals surface area contributed by atoms with Crippen LogP contribution < -0.4 is 10.6 Å². The van der Waals surface area contributed by atoms with E-state index in [9.17, 15) is 18.0 Å². The Hall–Kier alpha value is -1.84. The SMILES string of the molecule is CN=C(NCC(=O)N(C)CC(F)(F)F)NCc1nc(C(C)C)cs1. The highest BCUT2D eigenvalue weighted by Crippen LogP contribution is 2.17. The lowest BCUT2D eigenvalue weighted by Crippen LogP contribution is -2.45. The molecule has 0 aliphatic carbocycles. The highest BCUT2D eigenvalue weighted by Gasteiger charge is 2.31. The first kappa shape index (κ1) is 20.2. The van der Waals surface area contributed by atoms with Gasteiger partial charge in [0.05, 0.1) is 18.8 Å². The van der Waals surface area contributed by atoms with Crippen LogP contribution in [0.15, 0.2) is 10.4 Å². The average Bonchev–Trinajstić information content (AvgIpc) is 2.94. The summed E-state index contributed by atoms with van der Waals surface area (Å²) in [6, 6.07) is 0. The van der Waals surface area contributed by atoms with Crippen molar-refractivity contribution in [2.24, 2.45) is 4.99 Å². The summed E-state index contributed by atoms with van der Waals surface area (Å²) in [4.78, 5) is 20.7. The van der Waals surface area contributed by atoms with Crippen LogP contribution in [0.2, 0.25) is 0 Å². The average molecular weight is 365 g/mol. The van der Waals surface area contributed by atoms with Crippen molar-refractivity contribution in [2.75, 3.05) is 27.2 Å². The number of rotatable bonds is 6. The summed E-state index contributed by atoms with van der Waals surface area (Å²) in [5.74, 6) is -0.00842. The Morgan fingerprint density at radius 1 is 1.42 bits per heavy atom. The van der Waals surface area contributed by atoms with Gasteiger partial charge in [0.25, 0.3) is 0 Å². The van der Waals surface area contributed by atoms with Crippen molar-refractivity contribution < 1.29 is 18.0 Å². The molecule has 136 valence electrons. The van der Waals surface area contributed by atoms with Crippen LogP contribution in [-0.4, -0.2) is 55.1 Å². The van der Waals surface area contributed by atoms with E-state index in [-0.39, 0.29) is 6.54 Å². The minimum Gasteiger partial charge on any atom is -0.350 e. The van der Waals surface area contributed by atoms with E-state index >= 15 is 0 Å². The predicted octanol–water partition coefficient (Wildman–Crippen LogP) is 1.95. The van der Waals surface area contributed by atoms with Crippen LogP contribution in [0.1, 0.15) is 30.5 Å². The highest BCUT2D eigenvalue weighted by atomic mass is 32.1. The molecular weight excluding hydrogens is 343 g/mol. The van der Waals surface area contributed by atoms with Gasteiger partial charge in [-0.05, 0) is 5.92 Å². The summed E-state index contributed by atoms with van der Waals surface area (Å²) in [7, 11) is 2.62. The Morgan fingerprint density at radius 2 is 2.08 bits per heavy atom. The van der Waals surface area contributed by atoms with E-state index in [1.54, 1.807) is 0 Å². The third-order valence-corrected chi connectivity index (χ3v) is 3.91. The van der Waals surface area contributed by atoms with Gasteiger partial charge in [0.15, 0.2) is 5.96 Å². The first-order chi connectivity index (χ1) is 11.1. The molecule has 0 fully saturated rings.